The van der Waals surface area contributed by atoms with E-state index in [9.17, 15) is 0 Å². The maximum atomic E-state index is 5.57. The molecule has 2 heterocycles. The van der Waals surface area contributed by atoms with Crippen molar-refractivity contribution < 1.29 is 4.74 Å². The lowest BCUT2D eigenvalue weighted by Gasteiger charge is -2.37. The van der Waals surface area contributed by atoms with Crippen LogP contribution in [0.2, 0.25) is 0 Å². The van der Waals surface area contributed by atoms with Crippen molar-refractivity contribution in [1.82, 2.24) is 19.8 Å². The van der Waals surface area contributed by atoms with E-state index in [0.717, 1.165) is 37.8 Å². The van der Waals surface area contributed by atoms with Gasteiger partial charge in [-0.3, -0.25) is 4.90 Å². The molecule has 1 atom stereocenters. The van der Waals surface area contributed by atoms with Crippen molar-refractivity contribution in [1.29, 1.82) is 0 Å². The van der Waals surface area contributed by atoms with Gasteiger partial charge in [0, 0.05) is 43.6 Å². The predicted molar refractivity (Wildman–Crippen MR) is 106 cm³/mol. The van der Waals surface area contributed by atoms with Gasteiger partial charge in [0.15, 0.2) is 0 Å². The second-order valence-corrected chi connectivity index (χ2v) is 6.28. The third kappa shape index (κ3) is 4.88. The van der Waals surface area contributed by atoms with Crippen LogP contribution in [0.25, 0.3) is 0 Å². The lowest BCUT2D eigenvalue weighted by molar-refractivity contribution is 0.145. The van der Waals surface area contributed by atoms with Gasteiger partial charge in [-0.15, -0.1) is 24.8 Å². The fourth-order valence-electron chi connectivity index (χ4n) is 3.30. The first-order chi connectivity index (χ1) is 11.2. The smallest absolute Gasteiger partial charge is 0.123 e. The summed E-state index contributed by atoms with van der Waals surface area (Å²) in [5, 5.41) is 3.51. The quantitative estimate of drug-likeness (QED) is 0.853. The number of halogens is 2. The third-order valence-corrected chi connectivity index (χ3v) is 4.50. The van der Waals surface area contributed by atoms with E-state index in [1.807, 2.05) is 18.3 Å². The van der Waals surface area contributed by atoms with Gasteiger partial charge in [0.2, 0.25) is 0 Å². The second kappa shape index (κ2) is 10.0. The molecule has 1 aromatic heterocycles. The number of imidazole rings is 1. The number of nitrogens with one attached hydrogen (secondary N) is 1. The van der Waals surface area contributed by atoms with Crippen molar-refractivity contribution in [2.45, 2.75) is 32.5 Å². The Morgan fingerprint density at radius 1 is 1.28 bits per heavy atom. The summed E-state index contributed by atoms with van der Waals surface area (Å²) in [7, 11) is 1.74. The summed E-state index contributed by atoms with van der Waals surface area (Å²) in [4.78, 5) is 7.07. The summed E-state index contributed by atoms with van der Waals surface area (Å²) >= 11 is 0. The molecule has 1 saturated heterocycles. The number of nitrogens with zero attached hydrogens (tertiary/aromatic N) is 3. The first-order valence-corrected chi connectivity index (χ1v) is 8.30. The number of hydrogen-bond acceptors (Lipinski definition) is 4. The zero-order valence-electron chi connectivity index (χ0n) is 15.0. The van der Waals surface area contributed by atoms with E-state index >= 15 is 0 Å². The molecule has 1 aliphatic rings. The summed E-state index contributed by atoms with van der Waals surface area (Å²) in [6.45, 7) is 8.20. The summed E-state index contributed by atoms with van der Waals surface area (Å²) < 4.78 is 7.82. The molecule has 1 unspecified atom stereocenters. The molecule has 0 spiro atoms. The topological polar surface area (TPSA) is 42.3 Å². The Balaban J connectivity index is 0.00000156. The Bertz CT molecular complexity index is 648. The number of hydrogen-bond donors (Lipinski definition) is 1. The second-order valence-electron chi connectivity index (χ2n) is 6.28. The van der Waals surface area contributed by atoms with Crippen molar-refractivity contribution in [2.75, 3.05) is 26.7 Å². The molecule has 25 heavy (non-hydrogen) atoms. The van der Waals surface area contributed by atoms with Crippen molar-refractivity contribution in [3.8, 4) is 5.75 Å². The number of ether oxygens (including phenoxy) is 1. The highest BCUT2D eigenvalue weighted by Gasteiger charge is 2.27. The highest BCUT2D eigenvalue weighted by molar-refractivity contribution is 5.85. The molecule has 1 aliphatic heterocycles. The number of methoxy groups -OCH3 is 1. The molecule has 3 rings (SSSR count). The summed E-state index contributed by atoms with van der Waals surface area (Å²) in [5.74, 6) is 2.08. The zero-order valence-corrected chi connectivity index (χ0v) is 16.6. The molecule has 0 saturated carbocycles. The summed E-state index contributed by atoms with van der Waals surface area (Å²) in [6.07, 6.45) is 3.97. The minimum atomic E-state index is 0. The van der Waals surface area contributed by atoms with Crippen LogP contribution >= 0.6 is 24.8 Å². The molecule has 140 valence electrons. The molecular weight excluding hydrogens is 359 g/mol. The van der Waals surface area contributed by atoms with E-state index in [1.54, 1.807) is 7.11 Å². The largest absolute Gasteiger partial charge is 0.496 e. The molecule has 7 heteroatoms. The maximum Gasteiger partial charge on any atom is 0.123 e. The molecule has 5 nitrogen and oxygen atoms in total. The third-order valence-electron chi connectivity index (χ3n) is 4.50. The molecule has 2 aromatic rings. The van der Waals surface area contributed by atoms with Crippen LogP contribution in [0.1, 0.15) is 37.3 Å². The van der Waals surface area contributed by atoms with Crippen molar-refractivity contribution >= 4 is 24.8 Å². The Morgan fingerprint density at radius 3 is 2.76 bits per heavy atom. The van der Waals surface area contributed by atoms with Gasteiger partial charge in [-0.1, -0.05) is 18.2 Å². The van der Waals surface area contributed by atoms with Gasteiger partial charge in [-0.2, -0.15) is 0 Å². The summed E-state index contributed by atoms with van der Waals surface area (Å²) in [5.41, 5.74) is 1.24. The highest BCUT2D eigenvalue weighted by Crippen LogP contribution is 2.31. The van der Waals surface area contributed by atoms with Crippen molar-refractivity contribution in [2.24, 2.45) is 0 Å². The molecule has 1 fully saturated rings. The van der Waals surface area contributed by atoms with Crippen molar-refractivity contribution in [3.63, 3.8) is 0 Å². The number of aromatic nitrogens is 2. The lowest BCUT2D eigenvalue weighted by Crippen LogP contribution is -2.46. The van der Waals surface area contributed by atoms with E-state index in [0.29, 0.717) is 12.1 Å². The number of benzene rings is 1. The van der Waals surface area contributed by atoms with Gasteiger partial charge in [0.1, 0.15) is 11.6 Å². The molecule has 0 radical (unpaired) electrons. The average molecular weight is 387 g/mol. The van der Waals surface area contributed by atoms with E-state index in [-0.39, 0.29) is 24.8 Å². The van der Waals surface area contributed by atoms with Gasteiger partial charge >= 0.3 is 0 Å². The molecule has 0 aliphatic carbocycles. The van der Waals surface area contributed by atoms with E-state index in [2.05, 4.69) is 51.9 Å². The maximum absolute atomic E-state index is 5.57. The monoisotopic (exact) mass is 386 g/mol. The Hall–Kier alpha value is -1.27. The van der Waals surface area contributed by atoms with Crippen LogP contribution in [-0.4, -0.2) is 41.2 Å². The fourth-order valence-corrected chi connectivity index (χ4v) is 3.30. The zero-order chi connectivity index (χ0) is 16.2. The van der Waals surface area contributed by atoms with Crippen LogP contribution in [0.3, 0.4) is 0 Å². The molecule has 0 amide bonds. The first-order valence-electron chi connectivity index (χ1n) is 8.30. The number of rotatable bonds is 5. The van der Waals surface area contributed by atoms with Crippen molar-refractivity contribution in [3.05, 3.63) is 48.0 Å². The minimum Gasteiger partial charge on any atom is -0.496 e. The standard InChI is InChI=1S/C18H26N4O.2ClH/c1-14(2)22-11-9-20-18(22)13-21-10-8-19-12-16(21)15-6-4-5-7-17(15)23-3;;/h4-7,9,11,14,16,19H,8,10,12-13H2,1-3H3;2*1H. The Kier molecular flexibility index (Phi) is 8.73. The van der Waals surface area contributed by atoms with Crippen LogP contribution in [0, 0.1) is 0 Å². The summed E-state index contributed by atoms with van der Waals surface area (Å²) in [6, 6.07) is 9.04. The Labute approximate surface area is 162 Å². The van der Waals surface area contributed by atoms with Gasteiger partial charge in [0.05, 0.1) is 19.7 Å². The fraction of sp³-hybridized carbons (Fsp3) is 0.500. The highest BCUT2D eigenvalue weighted by atomic mass is 35.5. The van der Waals surface area contributed by atoms with Crippen LogP contribution < -0.4 is 10.1 Å². The van der Waals surface area contributed by atoms with Crippen LogP contribution in [0.4, 0.5) is 0 Å². The van der Waals surface area contributed by atoms with E-state index < -0.39 is 0 Å². The molecule has 1 N–H and O–H groups in total. The molecular formula is C18H28Cl2N4O. The number of piperazine rings is 1. The lowest BCUT2D eigenvalue weighted by atomic mass is 10.0. The van der Waals surface area contributed by atoms with E-state index in [1.165, 1.54) is 5.56 Å². The van der Waals surface area contributed by atoms with Gasteiger partial charge in [-0.05, 0) is 19.9 Å². The predicted octanol–water partition coefficient (Wildman–Crippen LogP) is 3.46. The first kappa shape index (κ1) is 21.8. The minimum absolute atomic E-state index is 0. The van der Waals surface area contributed by atoms with Crippen LogP contribution in [0.15, 0.2) is 36.7 Å². The number of para-hydroxylation sites is 1. The molecule has 1 aromatic carbocycles. The van der Waals surface area contributed by atoms with Gasteiger partial charge in [-0.25, -0.2) is 4.98 Å². The Morgan fingerprint density at radius 2 is 2.04 bits per heavy atom. The average Bonchev–Trinajstić information content (AvgIpc) is 3.04. The van der Waals surface area contributed by atoms with Crippen LogP contribution in [-0.2, 0) is 6.54 Å². The normalized spacial score (nSPS) is 17.7. The van der Waals surface area contributed by atoms with Gasteiger partial charge < -0.3 is 14.6 Å². The SMILES string of the molecule is COc1ccccc1C1CNCCN1Cc1nccn1C(C)C.Cl.Cl. The van der Waals surface area contributed by atoms with Gasteiger partial charge in [0.25, 0.3) is 0 Å². The van der Waals surface area contributed by atoms with E-state index in [4.69, 9.17) is 4.74 Å². The molecule has 0 bridgehead atoms. The van der Waals surface area contributed by atoms with Crippen LogP contribution in [0.5, 0.6) is 5.75 Å².